The number of nitrogens with two attached hydrogens (primary N) is 1. The van der Waals surface area contributed by atoms with Crippen LogP contribution in [0.2, 0.25) is 0 Å². The van der Waals surface area contributed by atoms with Gasteiger partial charge < -0.3 is 10.2 Å². The van der Waals surface area contributed by atoms with Crippen molar-refractivity contribution in [1.82, 2.24) is 4.98 Å². The van der Waals surface area contributed by atoms with Crippen LogP contribution in [-0.2, 0) is 5.54 Å². The molecule has 2 N–H and O–H groups in total. The van der Waals surface area contributed by atoms with Gasteiger partial charge in [-0.3, -0.25) is 0 Å². The van der Waals surface area contributed by atoms with Crippen LogP contribution in [0.15, 0.2) is 22.6 Å². The van der Waals surface area contributed by atoms with Crippen LogP contribution in [0.3, 0.4) is 0 Å². The van der Waals surface area contributed by atoms with E-state index in [9.17, 15) is 0 Å². The van der Waals surface area contributed by atoms with Crippen LogP contribution in [0.1, 0.15) is 50.5 Å². The third kappa shape index (κ3) is 2.16. The van der Waals surface area contributed by atoms with Crippen molar-refractivity contribution in [2.24, 2.45) is 11.7 Å². The Labute approximate surface area is 114 Å². The van der Waals surface area contributed by atoms with E-state index in [2.05, 4.69) is 24.9 Å². The average molecular weight is 258 g/mol. The van der Waals surface area contributed by atoms with Crippen LogP contribution >= 0.6 is 0 Å². The van der Waals surface area contributed by atoms with Gasteiger partial charge in [-0.2, -0.15) is 0 Å². The number of hydrogen-bond donors (Lipinski definition) is 1. The number of para-hydroxylation sites is 1. The number of rotatable bonds is 2. The zero-order valence-electron chi connectivity index (χ0n) is 11.8. The average Bonchev–Trinajstić information content (AvgIpc) is 2.86. The summed E-state index contributed by atoms with van der Waals surface area (Å²) in [5, 5.41) is 0. The molecule has 19 heavy (non-hydrogen) atoms. The molecule has 3 rings (SSSR count). The first-order chi connectivity index (χ1) is 9.12. The molecule has 102 valence electrons. The number of aryl methyl sites for hydroxylation is 1. The smallest absolute Gasteiger partial charge is 0.215 e. The highest BCUT2D eigenvalue weighted by Gasteiger charge is 2.37. The lowest BCUT2D eigenvalue weighted by Gasteiger charge is -2.34. The van der Waals surface area contributed by atoms with Crippen molar-refractivity contribution < 1.29 is 4.42 Å². The quantitative estimate of drug-likeness (QED) is 0.889. The fourth-order valence-corrected chi connectivity index (χ4v) is 3.11. The Morgan fingerprint density at radius 3 is 2.74 bits per heavy atom. The van der Waals surface area contributed by atoms with Gasteiger partial charge in [-0.15, -0.1) is 0 Å². The van der Waals surface area contributed by atoms with Gasteiger partial charge in [-0.1, -0.05) is 25.5 Å². The maximum absolute atomic E-state index is 6.55. The first kappa shape index (κ1) is 12.7. The largest absolute Gasteiger partial charge is 0.438 e. The lowest BCUT2D eigenvalue weighted by Crippen LogP contribution is -2.40. The summed E-state index contributed by atoms with van der Waals surface area (Å²) < 4.78 is 5.97. The number of nitrogens with zero attached hydrogens (tertiary/aromatic N) is 1. The third-order valence-electron chi connectivity index (χ3n) is 4.61. The van der Waals surface area contributed by atoms with E-state index in [0.29, 0.717) is 0 Å². The summed E-state index contributed by atoms with van der Waals surface area (Å²) >= 11 is 0. The van der Waals surface area contributed by atoms with E-state index in [4.69, 9.17) is 10.2 Å². The molecule has 1 aromatic heterocycles. The monoisotopic (exact) mass is 258 g/mol. The minimum Gasteiger partial charge on any atom is -0.438 e. The molecule has 0 bridgehead atoms. The highest BCUT2D eigenvalue weighted by Crippen LogP contribution is 2.39. The van der Waals surface area contributed by atoms with Gasteiger partial charge in [-0.25, -0.2) is 4.98 Å². The van der Waals surface area contributed by atoms with E-state index in [1.165, 1.54) is 19.3 Å². The maximum atomic E-state index is 6.55. The fourth-order valence-electron chi connectivity index (χ4n) is 3.11. The normalized spacial score (nSPS) is 27.8. The van der Waals surface area contributed by atoms with Crippen LogP contribution < -0.4 is 5.73 Å². The van der Waals surface area contributed by atoms with Gasteiger partial charge in [0.2, 0.25) is 5.89 Å². The lowest BCUT2D eigenvalue weighted by molar-refractivity contribution is 0.198. The van der Waals surface area contributed by atoms with Gasteiger partial charge >= 0.3 is 0 Å². The summed E-state index contributed by atoms with van der Waals surface area (Å²) in [5.74, 6) is 1.55. The van der Waals surface area contributed by atoms with Gasteiger partial charge in [0.1, 0.15) is 5.52 Å². The molecule has 0 atom stereocenters. The van der Waals surface area contributed by atoms with Crippen LogP contribution in [0, 0.1) is 12.8 Å². The highest BCUT2D eigenvalue weighted by molar-refractivity contribution is 5.76. The standard InChI is InChI=1S/C16H22N2O/c1-3-12-7-9-16(17,10-8-12)15-18-13-6-4-5-11(2)14(13)19-15/h4-6,12H,3,7-10,17H2,1-2H3. The molecule has 0 amide bonds. The highest BCUT2D eigenvalue weighted by atomic mass is 16.4. The molecule has 0 aliphatic heterocycles. The summed E-state index contributed by atoms with van der Waals surface area (Å²) in [6.07, 6.45) is 5.59. The second-order valence-electron chi connectivity index (χ2n) is 5.95. The van der Waals surface area contributed by atoms with Crippen molar-refractivity contribution in [1.29, 1.82) is 0 Å². The molecule has 1 aliphatic carbocycles. The summed E-state index contributed by atoms with van der Waals surface area (Å²) in [6.45, 7) is 4.31. The number of fused-ring (bicyclic) bond motifs is 1. The Bertz CT molecular complexity index is 579. The van der Waals surface area contributed by atoms with Crippen molar-refractivity contribution in [3.8, 4) is 0 Å². The molecule has 3 heteroatoms. The Kier molecular flexibility index (Phi) is 3.09. The van der Waals surface area contributed by atoms with Crippen LogP contribution in [0.25, 0.3) is 11.1 Å². The molecule has 0 radical (unpaired) electrons. The minimum absolute atomic E-state index is 0.364. The molecule has 2 aromatic rings. The molecular formula is C16H22N2O. The maximum Gasteiger partial charge on any atom is 0.215 e. The molecular weight excluding hydrogens is 236 g/mol. The van der Waals surface area contributed by atoms with Crippen LogP contribution in [-0.4, -0.2) is 4.98 Å². The van der Waals surface area contributed by atoms with Crippen LogP contribution in [0.5, 0.6) is 0 Å². The van der Waals surface area contributed by atoms with Crippen LogP contribution in [0.4, 0.5) is 0 Å². The van der Waals surface area contributed by atoms with Gasteiger partial charge in [0.15, 0.2) is 5.58 Å². The van der Waals surface area contributed by atoms with E-state index in [-0.39, 0.29) is 5.54 Å². The number of aromatic nitrogens is 1. The van der Waals surface area contributed by atoms with Gasteiger partial charge in [0, 0.05) is 0 Å². The molecule has 1 aliphatic rings. The van der Waals surface area contributed by atoms with E-state index >= 15 is 0 Å². The second kappa shape index (κ2) is 4.64. The number of hydrogen-bond acceptors (Lipinski definition) is 3. The molecule has 0 spiro atoms. The molecule has 1 saturated carbocycles. The Morgan fingerprint density at radius 1 is 1.37 bits per heavy atom. The van der Waals surface area contributed by atoms with Crippen molar-refractivity contribution in [2.75, 3.05) is 0 Å². The summed E-state index contributed by atoms with van der Waals surface area (Å²) in [6, 6.07) is 6.06. The molecule has 3 nitrogen and oxygen atoms in total. The van der Waals surface area contributed by atoms with Crippen molar-refractivity contribution in [3.05, 3.63) is 29.7 Å². The summed E-state index contributed by atoms with van der Waals surface area (Å²) in [4.78, 5) is 4.63. The number of oxazole rings is 1. The van der Waals surface area contributed by atoms with E-state index in [1.54, 1.807) is 0 Å². The zero-order chi connectivity index (χ0) is 13.5. The summed E-state index contributed by atoms with van der Waals surface area (Å²) in [7, 11) is 0. The molecule has 1 heterocycles. The SMILES string of the molecule is CCC1CCC(N)(c2nc3cccc(C)c3o2)CC1. The molecule has 1 fully saturated rings. The Morgan fingerprint density at radius 2 is 2.11 bits per heavy atom. The number of benzene rings is 1. The van der Waals surface area contributed by atoms with Gasteiger partial charge in [0.05, 0.1) is 5.54 Å². The third-order valence-corrected chi connectivity index (χ3v) is 4.61. The summed E-state index contributed by atoms with van der Waals surface area (Å²) in [5.41, 5.74) is 9.13. The lowest BCUT2D eigenvalue weighted by atomic mass is 9.76. The second-order valence-corrected chi connectivity index (χ2v) is 5.95. The molecule has 1 aromatic carbocycles. The van der Waals surface area contributed by atoms with E-state index < -0.39 is 0 Å². The van der Waals surface area contributed by atoms with Crippen molar-refractivity contribution in [3.63, 3.8) is 0 Å². The zero-order valence-corrected chi connectivity index (χ0v) is 11.8. The van der Waals surface area contributed by atoms with Gasteiger partial charge in [-0.05, 0) is 50.2 Å². The molecule has 0 unspecified atom stereocenters. The predicted octanol–water partition coefficient (Wildman–Crippen LogP) is 3.89. The van der Waals surface area contributed by atoms with Crippen molar-refractivity contribution >= 4 is 11.1 Å². The Hall–Kier alpha value is -1.35. The fraction of sp³-hybridized carbons (Fsp3) is 0.562. The van der Waals surface area contributed by atoms with E-state index in [1.807, 2.05) is 12.1 Å². The Balaban J connectivity index is 1.93. The first-order valence-corrected chi connectivity index (χ1v) is 7.28. The van der Waals surface area contributed by atoms with E-state index in [0.717, 1.165) is 41.3 Å². The molecule has 0 saturated heterocycles. The first-order valence-electron chi connectivity index (χ1n) is 7.28. The minimum atomic E-state index is -0.364. The van der Waals surface area contributed by atoms with Gasteiger partial charge in [0.25, 0.3) is 0 Å². The predicted molar refractivity (Wildman–Crippen MR) is 76.9 cm³/mol. The van der Waals surface area contributed by atoms with Crippen molar-refractivity contribution in [2.45, 2.75) is 51.5 Å². The topological polar surface area (TPSA) is 52.0 Å².